The summed E-state index contributed by atoms with van der Waals surface area (Å²) in [5, 5.41) is 0. The molecule has 0 unspecified atom stereocenters. The molecular weight excluding hydrogens is 328 g/mol. The first-order chi connectivity index (χ1) is 11.5. The van der Waals surface area contributed by atoms with Crippen LogP contribution in [0.2, 0.25) is 0 Å². The van der Waals surface area contributed by atoms with Crippen molar-refractivity contribution in [3.05, 3.63) is 65.2 Å². The topological polar surface area (TPSA) is 84.8 Å². The molecule has 1 heterocycles. The van der Waals surface area contributed by atoms with Crippen molar-refractivity contribution in [2.45, 2.75) is 18.4 Å². The first-order valence-electron chi connectivity index (χ1n) is 7.33. The number of rotatable bonds is 4. The fraction of sp³-hybridized carbons (Fsp3) is 0.176. The number of hydrogen-bond acceptors (Lipinski definition) is 5. The zero-order chi connectivity index (χ0) is 17.2. The lowest BCUT2D eigenvalue weighted by molar-refractivity contribution is -0.143. The van der Waals surface area contributed by atoms with Gasteiger partial charge < -0.3 is 4.74 Å². The molecule has 1 N–H and O–H groups in total. The Balaban J connectivity index is 1.65. The van der Waals surface area contributed by atoms with Gasteiger partial charge in [-0.15, -0.1) is 0 Å². The fourth-order valence-electron chi connectivity index (χ4n) is 2.41. The highest BCUT2D eigenvalue weighted by Gasteiger charge is 2.30. The standard InChI is InChI=1S/C17H16N2O4S/c1-12-5-4-6-13(9-12)11-23-16(20)10-18-17-14-7-2-3-8-15(14)24(21,22)19-17/h2-9H,10-11H2,1H3,(H,18,19). The summed E-state index contributed by atoms with van der Waals surface area (Å²) in [7, 11) is -3.60. The Morgan fingerprint density at radius 1 is 1.17 bits per heavy atom. The number of carbonyl (C=O) groups is 1. The zero-order valence-corrected chi connectivity index (χ0v) is 13.8. The minimum absolute atomic E-state index is 0.160. The van der Waals surface area contributed by atoms with E-state index in [1.165, 1.54) is 6.07 Å². The maximum atomic E-state index is 11.9. The first kappa shape index (κ1) is 16.2. The van der Waals surface area contributed by atoms with E-state index < -0.39 is 16.0 Å². The smallest absolute Gasteiger partial charge is 0.328 e. The van der Waals surface area contributed by atoms with Crippen molar-refractivity contribution >= 4 is 21.8 Å². The van der Waals surface area contributed by atoms with E-state index in [0.717, 1.165) is 11.1 Å². The maximum Gasteiger partial charge on any atom is 0.328 e. The molecule has 7 heteroatoms. The first-order valence-corrected chi connectivity index (χ1v) is 8.82. The molecular formula is C17H16N2O4S. The number of aryl methyl sites for hydroxylation is 1. The Hall–Kier alpha value is -2.67. The number of nitrogens with one attached hydrogen (secondary N) is 1. The summed E-state index contributed by atoms with van der Waals surface area (Å²) in [5.74, 6) is -0.356. The number of benzene rings is 2. The quantitative estimate of drug-likeness (QED) is 0.857. The van der Waals surface area contributed by atoms with Crippen LogP contribution in [-0.2, 0) is 26.2 Å². The van der Waals surface area contributed by atoms with E-state index in [1.54, 1.807) is 18.2 Å². The number of hydrogen-bond donors (Lipinski definition) is 1. The van der Waals surface area contributed by atoms with Crippen LogP contribution in [0.4, 0.5) is 0 Å². The van der Waals surface area contributed by atoms with Crippen LogP contribution in [0.5, 0.6) is 0 Å². The van der Waals surface area contributed by atoms with Gasteiger partial charge in [-0.2, -0.15) is 0 Å². The zero-order valence-electron chi connectivity index (χ0n) is 13.0. The monoisotopic (exact) mass is 344 g/mol. The van der Waals surface area contributed by atoms with Crippen LogP contribution in [0.15, 0.2) is 58.4 Å². The van der Waals surface area contributed by atoms with E-state index in [-0.39, 0.29) is 23.9 Å². The number of sulfonamides is 1. The minimum atomic E-state index is -3.60. The van der Waals surface area contributed by atoms with E-state index >= 15 is 0 Å². The van der Waals surface area contributed by atoms with Gasteiger partial charge in [-0.3, -0.25) is 14.5 Å². The summed E-state index contributed by atoms with van der Waals surface area (Å²) in [4.78, 5) is 16.0. The van der Waals surface area contributed by atoms with E-state index in [9.17, 15) is 13.2 Å². The summed E-state index contributed by atoms with van der Waals surface area (Å²) in [6.45, 7) is 1.87. The molecule has 0 saturated heterocycles. The number of fused-ring (bicyclic) bond motifs is 1. The Morgan fingerprint density at radius 3 is 2.75 bits per heavy atom. The largest absolute Gasteiger partial charge is 0.459 e. The molecule has 124 valence electrons. The molecule has 0 bridgehead atoms. The molecule has 0 fully saturated rings. The molecule has 6 nitrogen and oxygen atoms in total. The van der Waals surface area contributed by atoms with Gasteiger partial charge >= 0.3 is 5.97 Å². The Labute approximate surface area is 140 Å². The molecule has 0 amide bonds. The van der Waals surface area contributed by atoms with Gasteiger partial charge in [0.15, 0.2) is 0 Å². The molecule has 2 aromatic rings. The van der Waals surface area contributed by atoms with Crippen molar-refractivity contribution in [3.63, 3.8) is 0 Å². The van der Waals surface area contributed by atoms with Gasteiger partial charge in [-0.25, -0.2) is 8.42 Å². The van der Waals surface area contributed by atoms with Crippen molar-refractivity contribution in [2.24, 2.45) is 4.99 Å². The third kappa shape index (κ3) is 3.46. The van der Waals surface area contributed by atoms with E-state index in [0.29, 0.717) is 5.56 Å². The van der Waals surface area contributed by atoms with Gasteiger partial charge in [-0.05, 0) is 24.6 Å². The van der Waals surface area contributed by atoms with Crippen molar-refractivity contribution in [3.8, 4) is 0 Å². The second kappa shape index (κ2) is 6.45. The highest BCUT2D eigenvalue weighted by atomic mass is 32.2. The van der Waals surface area contributed by atoms with E-state index in [4.69, 9.17) is 4.74 Å². The van der Waals surface area contributed by atoms with Gasteiger partial charge in [0.1, 0.15) is 19.0 Å². The number of amidine groups is 1. The fourth-order valence-corrected chi connectivity index (χ4v) is 3.66. The van der Waals surface area contributed by atoms with Crippen LogP contribution < -0.4 is 4.72 Å². The molecule has 24 heavy (non-hydrogen) atoms. The van der Waals surface area contributed by atoms with Gasteiger partial charge in [-0.1, -0.05) is 42.0 Å². The predicted molar refractivity (Wildman–Crippen MR) is 89.1 cm³/mol. The highest BCUT2D eigenvalue weighted by molar-refractivity contribution is 7.90. The van der Waals surface area contributed by atoms with E-state index in [1.807, 2.05) is 31.2 Å². The van der Waals surface area contributed by atoms with Crippen LogP contribution in [0, 0.1) is 6.92 Å². The van der Waals surface area contributed by atoms with Crippen LogP contribution in [0.3, 0.4) is 0 Å². The van der Waals surface area contributed by atoms with Crippen LogP contribution >= 0.6 is 0 Å². The lowest BCUT2D eigenvalue weighted by Crippen LogP contribution is -2.23. The number of aliphatic imine (C=N–C) groups is 1. The molecule has 1 aliphatic rings. The highest BCUT2D eigenvalue weighted by Crippen LogP contribution is 2.22. The molecule has 0 aromatic heterocycles. The second-order valence-corrected chi connectivity index (χ2v) is 7.07. The van der Waals surface area contributed by atoms with E-state index in [2.05, 4.69) is 9.71 Å². The summed E-state index contributed by atoms with van der Waals surface area (Å²) in [6, 6.07) is 14.1. The van der Waals surface area contributed by atoms with Crippen LogP contribution in [-0.4, -0.2) is 26.8 Å². The van der Waals surface area contributed by atoms with Crippen LogP contribution in [0.25, 0.3) is 0 Å². The normalized spacial score (nSPS) is 16.5. The molecule has 0 atom stereocenters. The van der Waals surface area contributed by atoms with Crippen molar-refractivity contribution in [1.29, 1.82) is 0 Å². The van der Waals surface area contributed by atoms with Gasteiger partial charge in [0.25, 0.3) is 10.0 Å². The van der Waals surface area contributed by atoms with Crippen molar-refractivity contribution in [1.82, 2.24) is 4.72 Å². The molecule has 0 aliphatic carbocycles. The average molecular weight is 344 g/mol. The molecule has 0 spiro atoms. The molecule has 0 radical (unpaired) electrons. The Kier molecular flexibility index (Phi) is 4.35. The lowest BCUT2D eigenvalue weighted by Gasteiger charge is -2.04. The molecule has 3 rings (SSSR count). The van der Waals surface area contributed by atoms with Gasteiger partial charge in [0.05, 0.1) is 4.90 Å². The number of ether oxygens (including phenoxy) is 1. The lowest BCUT2D eigenvalue weighted by atomic mass is 10.1. The minimum Gasteiger partial charge on any atom is -0.459 e. The Morgan fingerprint density at radius 2 is 1.96 bits per heavy atom. The molecule has 2 aromatic carbocycles. The number of nitrogens with zero attached hydrogens (tertiary/aromatic N) is 1. The second-order valence-electron chi connectivity index (χ2n) is 5.42. The average Bonchev–Trinajstić information content (AvgIpc) is 2.82. The van der Waals surface area contributed by atoms with Gasteiger partial charge in [0.2, 0.25) is 0 Å². The summed E-state index contributed by atoms with van der Waals surface area (Å²) < 4.78 is 31.4. The van der Waals surface area contributed by atoms with Crippen molar-refractivity contribution in [2.75, 3.05) is 6.54 Å². The van der Waals surface area contributed by atoms with Crippen LogP contribution in [0.1, 0.15) is 16.7 Å². The predicted octanol–water partition coefficient (Wildman–Crippen LogP) is 1.78. The third-order valence-electron chi connectivity index (χ3n) is 3.51. The number of esters is 1. The third-order valence-corrected chi connectivity index (χ3v) is 4.91. The SMILES string of the molecule is Cc1cccc(COC(=O)CN=C2NS(=O)(=O)c3ccccc32)c1. The van der Waals surface area contributed by atoms with Gasteiger partial charge in [0, 0.05) is 5.56 Å². The maximum absolute atomic E-state index is 11.9. The molecule has 1 aliphatic heterocycles. The Bertz CT molecular complexity index is 920. The summed E-state index contributed by atoms with van der Waals surface area (Å²) >= 11 is 0. The summed E-state index contributed by atoms with van der Waals surface area (Å²) in [6.07, 6.45) is 0. The summed E-state index contributed by atoms with van der Waals surface area (Å²) in [5.41, 5.74) is 2.44. The number of carbonyl (C=O) groups excluding carboxylic acids is 1. The van der Waals surface area contributed by atoms with Crippen molar-refractivity contribution < 1.29 is 17.9 Å². The molecule has 0 saturated carbocycles.